The van der Waals surface area contributed by atoms with Crippen LogP contribution in [0.3, 0.4) is 0 Å². The van der Waals surface area contributed by atoms with Gasteiger partial charge in [0, 0.05) is 6.54 Å². The Balaban J connectivity index is 2.53. The molecule has 0 aliphatic rings. The second-order valence-electron chi connectivity index (χ2n) is 3.37. The van der Waals surface area contributed by atoms with Gasteiger partial charge in [-0.15, -0.1) is 0 Å². The maximum Gasteiger partial charge on any atom is 0.123 e. The van der Waals surface area contributed by atoms with Gasteiger partial charge >= 0.3 is 0 Å². The lowest BCUT2D eigenvalue weighted by Gasteiger charge is -2.07. The third-order valence-corrected chi connectivity index (χ3v) is 2.37. The molecule has 2 aromatic carbocycles. The normalized spacial score (nSPS) is 10.3. The number of hydrogen-bond donors (Lipinski definition) is 1. The van der Waals surface area contributed by atoms with Gasteiger partial charge in [0.25, 0.3) is 0 Å². The smallest absolute Gasteiger partial charge is 0.123 e. The third kappa shape index (κ3) is 2.05. The fraction of sp³-hybridized carbons (Fsp3) is 0.0769. The first-order valence-electron chi connectivity index (χ1n) is 4.85. The van der Waals surface area contributed by atoms with Crippen molar-refractivity contribution >= 4 is 0 Å². The van der Waals surface area contributed by atoms with E-state index in [0.29, 0.717) is 6.54 Å². The zero-order chi connectivity index (χ0) is 10.7. The van der Waals surface area contributed by atoms with Gasteiger partial charge in [-0.3, -0.25) is 0 Å². The van der Waals surface area contributed by atoms with E-state index in [-0.39, 0.29) is 5.82 Å². The maximum atomic E-state index is 13.1. The molecule has 0 heterocycles. The summed E-state index contributed by atoms with van der Waals surface area (Å²) in [5.74, 6) is -0.223. The second-order valence-corrected chi connectivity index (χ2v) is 3.37. The van der Waals surface area contributed by atoms with Gasteiger partial charge in [0.1, 0.15) is 5.82 Å². The summed E-state index contributed by atoms with van der Waals surface area (Å²) in [4.78, 5) is 0. The van der Waals surface area contributed by atoms with Crippen LogP contribution < -0.4 is 5.73 Å². The Kier molecular flexibility index (Phi) is 2.79. The minimum atomic E-state index is -0.223. The van der Waals surface area contributed by atoms with Crippen LogP contribution in [0.5, 0.6) is 0 Å². The van der Waals surface area contributed by atoms with E-state index in [1.807, 2.05) is 30.3 Å². The van der Waals surface area contributed by atoms with E-state index < -0.39 is 0 Å². The average molecular weight is 201 g/mol. The van der Waals surface area contributed by atoms with Crippen LogP contribution >= 0.6 is 0 Å². The van der Waals surface area contributed by atoms with Gasteiger partial charge in [0.2, 0.25) is 0 Å². The summed E-state index contributed by atoms with van der Waals surface area (Å²) in [5, 5.41) is 0. The Morgan fingerprint density at radius 1 is 1.00 bits per heavy atom. The minimum absolute atomic E-state index is 0.223. The largest absolute Gasteiger partial charge is 0.326 e. The molecule has 0 aromatic heterocycles. The highest BCUT2D eigenvalue weighted by Crippen LogP contribution is 2.23. The van der Waals surface area contributed by atoms with Gasteiger partial charge in [0.05, 0.1) is 0 Å². The Hall–Kier alpha value is -1.67. The molecule has 0 saturated heterocycles. The van der Waals surface area contributed by atoms with Crippen molar-refractivity contribution in [3.63, 3.8) is 0 Å². The van der Waals surface area contributed by atoms with Crippen molar-refractivity contribution in [1.29, 1.82) is 0 Å². The zero-order valence-electron chi connectivity index (χ0n) is 8.28. The van der Waals surface area contributed by atoms with Crippen molar-refractivity contribution in [2.45, 2.75) is 6.54 Å². The number of hydrogen-bond acceptors (Lipinski definition) is 1. The predicted octanol–water partition coefficient (Wildman–Crippen LogP) is 2.95. The molecule has 0 amide bonds. The first kappa shape index (κ1) is 9.87. The van der Waals surface area contributed by atoms with Crippen LogP contribution in [0.25, 0.3) is 11.1 Å². The lowest BCUT2D eigenvalue weighted by atomic mass is 10.00. The van der Waals surface area contributed by atoms with E-state index in [1.165, 1.54) is 12.1 Å². The van der Waals surface area contributed by atoms with Crippen molar-refractivity contribution in [2.75, 3.05) is 0 Å². The molecule has 2 N–H and O–H groups in total. The summed E-state index contributed by atoms with van der Waals surface area (Å²) in [6.07, 6.45) is 0. The van der Waals surface area contributed by atoms with Crippen LogP contribution in [0.2, 0.25) is 0 Å². The SMILES string of the molecule is NCc1ccccc1-c1cccc(F)c1. The summed E-state index contributed by atoms with van der Waals surface area (Å²) in [6.45, 7) is 0.465. The predicted molar refractivity (Wildman–Crippen MR) is 59.7 cm³/mol. The molecule has 15 heavy (non-hydrogen) atoms. The van der Waals surface area contributed by atoms with Crippen LogP contribution in [-0.2, 0) is 6.54 Å². The number of rotatable bonds is 2. The van der Waals surface area contributed by atoms with Crippen LogP contribution in [0.4, 0.5) is 4.39 Å². The van der Waals surface area contributed by atoms with Gasteiger partial charge in [-0.1, -0.05) is 36.4 Å². The highest BCUT2D eigenvalue weighted by Gasteiger charge is 2.03. The lowest BCUT2D eigenvalue weighted by Crippen LogP contribution is -1.98. The first-order chi connectivity index (χ1) is 7.31. The molecule has 0 radical (unpaired) electrons. The molecule has 0 aliphatic carbocycles. The van der Waals surface area contributed by atoms with Crippen molar-refractivity contribution in [3.8, 4) is 11.1 Å². The topological polar surface area (TPSA) is 26.0 Å². The zero-order valence-corrected chi connectivity index (χ0v) is 8.28. The standard InChI is InChI=1S/C13H12FN/c14-12-6-3-5-10(8-12)13-7-2-1-4-11(13)9-15/h1-8H,9,15H2. The molecule has 0 saturated carbocycles. The number of nitrogens with two attached hydrogens (primary N) is 1. The third-order valence-electron chi connectivity index (χ3n) is 2.37. The van der Waals surface area contributed by atoms with Gasteiger partial charge in [-0.25, -0.2) is 4.39 Å². The number of benzene rings is 2. The van der Waals surface area contributed by atoms with Crippen molar-refractivity contribution < 1.29 is 4.39 Å². The van der Waals surface area contributed by atoms with Crippen molar-refractivity contribution in [3.05, 3.63) is 59.9 Å². The lowest BCUT2D eigenvalue weighted by molar-refractivity contribution is 0.628. The molecule has 2 aromatic rings. The van der Waals surface area contributed by atoms with E-state index >= 15 is 0 Å². The maximum absolute atomic E-state index is 13.1. The van der Waals surface area contributed by atoms with Gasteiger partial charge in [0.15, 0.2) is 0 Å². The summed E-state index contributed by atoms with van der Waals surface area (Å²) < 4.78 is 13.1. The fourth-order valence-corrected chi connectivity index (χ4v) is 1.64. The van der Waals surface area contributed by atoms with Crippen LogP contribution in [-0.4, -0.2) is 0 Å². The molecule has 0 unspecified atom stereocenters. The van der Waals surface area contributed by atoms with Crippen LogP contribution in [0.1, 0.15) is 5.56 Å². The van der Waals surface area contributed by atoms with E-state index in [4.69, 9.17) is 5.73 Å². The van der Waals surface area contributed by atoms with Crippen LogP contribution in [0, 0.1) is 5.82 Å². The van der Waals surface area contributed by atoms with Crippen molar-refractivity contribution in [1.82, 2.24) is 0 Å². The molecule has 2 rings (SSSR count). The number of halogens is 1. The molecule has 0 aliphatic heterocycles. The van der Waals surface area contributed by atoms with E-state index in [9.17, 15) is 4.39 Å². The Morgan fingerprint density at radius 2 is 1.80 bits per heavy atom. The summed E-state index contributed by atoms with van der Waals surface area (Å²) >= 11 is 0. The van der Waals surface area contributed by atoms with Gasteiger partial charge in [-0.2, -0.15) is 0 Å². The van der Waals surface area contributed by atoms with E-state index in [1.54, 1.807) is 6.07 Å². The first-order valence-corrected chi connectivity index (χ1v) is 4.85. The summed E-state index contributed by atoms with van der Waals surface area (Å²) in [7, 11) is 0. The molecule has 1 nitrogen and oxygen atoms in total. The highest BCUT2D eigenvalue weighted by atomic mass is 19.1. The summed E-state index contributed by atoms with van der Waals surface area (Å²) in [5.41, 5.74) is 8.53. The van der Waals surface area contributed by atoms with Crippen molar-refractivity contribution in [2.24, 2.45) is 5.73 Å². The van der Waals surface area contributed by atoms with Gasteiger partial charge < -0.3 is 5.73 Å². The van der Waals surface area contributed by atoms with E-state index in [2.05, 4.69) is 0 Å². The Bertz CT molecular complexity index is 466. The fourth-order valence-electron chi connectivity index (χ4n) is 1.64. The molecule has 0 atom stereocenters. The quantitative estimate of drug-likeness (QED) is 0.794. The molecular formula is C13H12FN. The van der Waals surface area contributed by atoms with Gasteiger partial charge in [-0.05, 0) is 28.8 Å². The minimum Gasteiger partial charge on any atom is -0.326 e. The Morgan fingerprint density at radius 3 is 2.53 bits per heavy atom. The highest BCUT2D eigenvalue weighted by molar-refractivity contribution is 5.67. The molecule has 76 valence electrons. The molecule has 2 heteroatoms. The van der Waals surface area contributed by atoms with Crippen LogP contribution in [0.15, 0.2) is 48.5 Å². The molecule has 0 fully saturated rings. The Labute approximate surface area is 88.4 Å². The average Bonchev–Trinajstić information content (AvgIpc) is 2.29. The molecule has 0 bridgehead atoms. The monoisotopic (exact) mass is 201 g/mol. The van der Waals surface area contributed by atoms with E-state index in [0.717, 1.165) is 16.7 Å². The second kappa shape index (κ2) is 4.24. The molecular weight excluding hydrogens is 189 g/mol. The molecule has 0 spiro atoms. The summed E-state index contributed by atoms with van der Waals surface area (Å²) in [6, 6.07) is 14.3.